The number of rotatable bonds is 8. The van der Waals surface area contributed by atoms with Gasteiger partial charge in [-0.2, -0.15) is 0 Å². The van der Waals surface area contributed by atoms with Crippen molar-refractivity contribution >= 4 is 40.1 Å². The first-order chi connectivity index (χ1) is 7.97. The molecule has 0 aliphatic carbocycles. The van der Waals surface area contributed by atoms with E-state index in [-0.39, 0.29) is 12.8 Å². The quantitative estimate of drug-likeness (QED) is 0.524. The summed E-state index contributed by atoms with van der Waals surface area (Å²) in [5.74, 6) is -1.83. The zero-order valence-corrected chi connectivity index (χ0v) is 11.2. The van der Waals surface area contributed by atoms with Gasteiger partial charge in [-0.1, -0.05) is 24.4 Å². The van der Waals surface area contributed by atoms with Crippen LogP contribution in [0.5, 0.6) is 0 Å². The van der Waals surface area contributed by atoms with Gasteiger partial charge in [-0.3, -0.25) is 9.59 Å². The highest BCUT2D eigenvalue weighted by atomic mass is 32.2. The summed E-state index contributed by atoms with van der Waals surface area (Å²) in [4.78, 5) is 21.3. The molecule has 0 radical (unpaired) electrons. The van der Waals surface area contributed by atoms with Gasteiger partial charge in [-0.05, 0) is 26.2 Å². The molecule has 2 N–H and O–H groups in total. The fourth-order valence-electron chi connectivity index (χ4n) is 1.07. The van der Waals surface area contributed by atoms with Crippen LogP contribution in [0.25, 0.3) is 0 Å². The van der Waals surface area contributed by atoms with E-state index < -0.39 is 17.2 Å². The predicted octanol–water partition coefficient (Wildman–Crippen LogP) is 2.72. The molecule has 6 heteroatoms. The lowest BCUT2D eigenvalue weighted by Crippen LogP contribution is -2.18. The maximum atomic E-state index is 10.9. The molecule has 17 heavy (non-hydrogen) atoms. The minimum Gasteiger partial charge on any atom is -0.481 e. The summed E-state index contributed by atoms with van der Waals surface area (Å²) in [5, 5.41) is 16.9. The Bertz CT molecular complexity index is 313. The van der Waals surface area contributed by atoms with Crippen molar-refractivity contribution < 1.29 is 19.8 Å². The molecule has 0 bridgehead atoms. The molecule has 0 aliphatic rings. The Morgan fingerprint density at radius 3 is 2.47 bits per heavy atom. The fourth-order valence-corrected chi connectivity index (χ4v) is 2.42. The van der Waals surface area contributed by atoms with Gasteiger partial charge >= 0.3 is 11.9 Å². The van der Waals surface area contributed by atoms with Gasteiger partial charge in [0, 0.05) is 4.20 Å². The van der Waals surface area contributed by atoms with E-state index in [1.807, 2.05) is 19.1 Å². The van der Waals surface area contributed by atoms with Gasteiger partial charge in [0.25, 0.3) is 0 Å². The monoisotopic (exact) mass is 276 g/mol. The molecule has 0 heterocycles. The number of aliphatic carboxylic acids is 2. The van der Waals surface area contributed by atoms with Crippen LogP contribution in [0, 0.1) is 0 Å². The summed E-state index contributed by atoms with van der Waals surface area (Å²) < 4.78 is 0.445. The van der Waals surface area contributed by atoms with E-state index in [4.69, 9.17) is 22.4 Å². The van der Waals surface area contributed by atoms with Crippen molar-refractivity contribution in [2.75, 3.05) is 0 Å². The lowest BCUT2D eigenvalue weighted by molar-refractivity contribution is -0.137. The third-order valence-corrected chi connectivity index (χ3v) is 3.61. The van der Waals surface area contributed by atoms with Crippen LogP contribution in [-0.4, -0.2) is 31.6 Å². The van der Waals surface area contributed by atoms with Crippen LogP contribution in [-0.2, 0) is 9.59 Å². The van der Waals surface area contributed by atoms with E-state index in [1.165, 1.54) is 0 Å². The number of allylic oxidation sites excluding steroid dienone is 2. The number of hydrogen-bond donors (Lipinski definition) is 2. The van der Waals surface area contributed by atoms with Crippen LogP contribution in [0.3, 0.4) is 0 Å². The number of hydrogen-bond acceptors (Lipinski definition) is 4. The predicted molar refractivity (Wildman–Crippen MR) is 72.5 cm³/mol. The van der Waals surface area contributed by atoms with E-state index >= 15 is 0 Å². The Hall–Kier alpha value is -0.880. The summed E-state index contributed by atoms with van der Waals surface area (Å²) >= 11 is 6.04. The van der Waals surface area contributed by atoms with Crippen LogP contribution in [0.15, 0.2) is 12.2 Å². The summed E-state index contributed by atoms with van der Waals surface area (Å²) in [6.45, 7) is 1.88. The van der Waals surface area contributed by atoms with Gasteiger partial charge in [0.1, 0.15) is 5.25 Å². The van der Waals surface area contributed by atoms with Crippen molar-refractivity contribution in [1.29, 1.82) is 0 Å². The van der Waals surface area contributed by atoms with Gasteiger partial charge < -0.3 is 10.2 Å². The molecule has 0 amide bonds. The first kappa shape index (κ1) is 16.1. The minimum absolute atomic E-state index is 0.0486. The lowest BCUT2D eigenvalue weighted by atomic mass is 10.2. The second-order valence-electron chi connectivity index (χ2n) is 3.36. The van der Waals surface area contributed by atoms with E-state index in [0.29, 0.717) is 17.0 Å². The molecule has 0 saturated carbocycles. The molecule has 96 valence electrons. The Labute approximate surface area is 110 Å². The Balaban J connectivity index is 4.10. The number of carbonyl (C=O) groups is 2. The van der Waals surface area contributed by atoms with Gasteiger partial charge in [0.05, 0.1) is 6.42 Å². The summed E-state index contributed by atoms with van der Waals surface area (Å²) in [7, 11) is 0. The van der Waals surface area contributed by atoms with E-state index in [0.717, 1.165) is 11.8 Å². The summed E-state index contributed by atoms with van der Waals surface area (Å²) in [5.41, 5.74) is 0. The number of carboxylic acids is 2. The molecule has 0 aromatic carbocycles. The van der Waals surface area contributed by atoms with Crippen molar-refractivity contribution in [3.63, 3.8) is 0 Å². The molecule has 0 saturated heterocycles. The molecule has 0 spiro atoms. The van der Waals surface area contributed by atoms with Crippen molar-refractivity contribution in [1.82, 2.24) is 0 Å². The standard InChI is InChI=1S/C11H16O4S2/c1-2-3-4-5-8(11(14)15)17-10(16)7-6-9(12)13/h2-3,8H,4-7H2,1H3,(H,12,13)(H,14,15). The maximum absolute atomic E-state index is 10.9. The summed E-state index contributed by atoms with van der Waals surface area (Å²) in [6.07, 6.45) is 5.14. The number of carboxylic acid groups (broad SMARTS) is 2. The topological polar surface area (TPSA) is 74.6 Å². The molecule has 0 aromatic rings. The Morgan fingerprint density at radius 1 is 1.35 bits per heavy atom. The molecule has 1 unspecified atom stereocenters. The van der Waals surface area contributed by atoms with Gasteiger partial charge in [0.2, 0.25) is 0 Å². The maximum Gasteiger partial charge on any atom is 0.317 e. The van der Waals surface area contributed by atoms with Gasteiger partial charge in [0.15, 0.2) is 0 Å². The molecule has 1 atom stereocenters. The third kappa shape index (κ3) is 8.88. The fraction of sp³-hybridized carbons (Fsp3) is 0.545. The van der Waals surface area contributed by atoms with Crippen molar-refractivity contribution in [3.8, 4) is 0 Å². The lowest BCUT2D eigenvalue weighted by Gasteiger charge is -2.10. The average Bonchev–Trinajstić information content (AvgIpc) is 2.25. The van der Waals surface area contributed by atoms with E-state index in [2.05, 4.69) is 0 Å². The minimum atomic E-state index is -0.922. The SMILES string of the molecule is CC=CCCC(SC(=S)CCC(=O)O)C(=O)O. The normalized spacial score (nSPS) is 12.5. The number of thioether (sulfide) groups is 1. The van der Waals surface area contributed by atoms with Crippen molar-refractivity contribution in [3.05, 3.63) is 12.2 Å². The highest BCUT2D eigenvalue weighted by Gasteiger charge is 2.19. The van der Waals surface area contributed by atoms with Crippen molar-refractivity contribution in [2.45, 2.75) is 37.9 Å². The zero-order chi connectivity index (χ0) is 13.3. The molecule has 0 aromatic heterocycles. The van der Waals surface area contributed by atoms with Crippen LogP contribution in [0.4, 0.5) is 0 Å². The molecule has 0 fully saturated rings. The van der Waals surface area contributed by atoms with Crippen LogP contribution >= 0.6 is 24.0 Å². The highest BCUT2D eigenvalue weighted by Crippen LogP contribution is 2.21. The smallest absolute Gasteiger partial charge is 0.317 e. The first-order valence-electron chi connectivity index (χ1n) is 5.22. The second-order valence-corrected chi connectivity index (χ2v) is 5.41. The second kappa shape index (κ2) is 9.18. The Morgan fingerprint density at radius 2 is 2.00 bits per heavy atom. The Kier molecular flexibility index (Phi) is 8.71. The van der Waals surface area contributed by atoms with Crippen LogP contribution in [0.1, 0.15) is 32.6 Å². The summed E-state index contributed by atoms with van der Waals surface area (Å²) in [6, 6.07) is 0. The van der Waals surface area contributed by atoms with Crippen LogP contribution < -0.4 is 0 Å². The largest absolute Gasteiger partial charge is 0.481 e. The zero-order valence-electron chi connectivity index (χ0n) is 9.59. The van der Waals surface area contributed by atoms with Crippen molar-refractivity contribution in [2.24, 2.45) is 0 Å². The molecule has 0 rings (SSSR count). The molecule has 4 nitrogen and oxygen atoms in total. The first-order valence-corrected chi connectivity index (χ1v) is 6.51. The van der Waals surface area contributed by atoms with Gasteiger partial charge in [-0.25, -0.2) is 0 Å². The molecule has 0 aliphatic heterocycles. The van der Waals surface area contributed by atoms with Gasteiger partial charge in [-0.15, -0.1) is 11.8 Å². The van der Waals surface area contributed by atoms with E-state index in [1.54, 1.807) is 0 Å². The highest BCUT2D eigenvalue weighted by molar-refractivity contribution is 8.23. The average molecular weight is 276 g/mol. The third-order valence-electron chi connectivity index (χ3n) is 1.92. The van der Waals surface area contributed by atoms with Crippen LogP contribution in [0.2, 0.25) is 0 Å². The number of thiocarbonyl (C=S) groups is 1. The molecular formula is C11H16O4S2. The van der Waals surface area contributed by atoms with E-state index in [9.17, 15) is 9.59 Å². The molecular weight excluding hydrogens is 260 g/mol.